The minimum atomic E-state index is 0. The van der Waals surface area contributed by atoms with Crippen LogP contribution < -0.4 is 15.5 Å². The van der Waals surface area contributed by atoms with E-state index >= 15 is 0 Å². The summed E-state index contributed by atoms with van der Waals surface area (Å²) in [4.78, 5) is 11.0. The highest BCUT2D eigenvalue weighted by atomic mass is 127. The summed E-state index contributed by atoms with van der Waals surface area (Å²) < 4.78 is 0. The second kappa shape index (κ2) is 11.3. The molecule has 1 saturated heterocycles. The second-order valence-electron chi connectivity index (χ2n) is 5.87. The van der Waals surface area contributed by atoms with E-state index in [9.17, 15) is 0 Å². The van der Waals surface area contributed by atoms with Crippen molar-refractivity contribution in [1.29, 1.82) is 0 Å². The van der Waals surface area contributed by atoms with Crippen LogP contribution in [-0.2, 0) is 13.1 Å². The molecule has 0 spiro atoms. The molecule has 2 heterocycles. The first-order valence-electron chi connectivity index (χ1n) is 8.61. The maximum Gasteiger partial charge on any atom is 0.191 e. The van der Waals surface area contributed by atoms with Crippen molar-refractivity contribution < 1.29 is 0 Å². The lowest BCUT2D eigenvalue weighted by Gasteiger charge is -2.28. The fourth-order valence-electron chi connectivity index (χ4n) is 2.73. The third-order valence-corrected chi connectivity index (χ3v) is 5.10. The number of thioether (sulfide) groups is 1. The van der Waals surface area contributed by atoms with Crippen LogP contribution in [0.3, 0.4) is 0 Å². The molecule has 5 nitrogen and oxygen atoms in total. The predicted octanol–water partition coefficient (Wildman–Crippen LogP) is 3.12. The van der Waals surface area contributed by atoms with Crippen LogP contribution in [0.1, 0.15) is 11.3 Å². The number of anilines is 1. The maximum atomic E-state index is 4.31. The van der Waals surface area contributed by atoms with Gasteiger partial charge in [0.05, 0.1) is 12.2 Å². The van der Waals surface area contributed by atoms with Gasteiger partial charge < -0.3 is 15.5 Å². The van der Waals surface area contributed by atoms with Crippen LogP contribution in [0, 0.1) is 0 Å². The molecule has 2 aromatic rings. The molecule has 0 saturated carbocycles. The van der Waals surface area contributed by atoms with E-state index in [1.807, 2.05) is 30.0 Å². The smallest absolute Gasteiger partial charge is 0.191 e. The molecular formula is C19H26IN5S. The van der Waals surface area contributed by atoms with Crippen molar-refractivity contribution in [2.24, 2.45) is 4.99 Å². The lowest BCUT2D eigenvalue weighted by molar-refractivity contribution is 0.794. The fourth-order valence-corrected chi connectivity index (χ4v) is 3.63. The van der Waals surface area contributed by atoms with E-state index < -0.39 is 0 Å². The number of hydrogen-bond acceptors (Lipinski definition) is 4. The number of rotatable bonds is 5. The van der Waals surface area contributed by atoms with Crippen molar-refractivity contribution in [1.82, 2.24) is 15.6 Å². The molecule has 3 rings (SSSR count). The molecule has 1 aromatic carbocycles. The van der Waals surface area contributed by atoms with Crippen LogP contribution in [0.25, 0.3) is 0 Å². The monoisotopic (exact) mass is 483 g/mol. The standard InChI is InChI=1S/C19H25N5S.HI/c1-20-19(23-15-17-4-2-3-9-21-17)22-14-16-5-7-18(8-6-16)24-10-12-25-13-11-24;/h2-9H,10-15H2,1H3,(H2,20,22,23);1H. The third-order valence-electron chi connectivity index (χ3n) is 4.16. The van der Waals surface area contributed by atoms with Crippen LogP contribution in [-0.4, -0.2) is 42.6 Å². The van der Waals surface area contributed by atoms with E-state index in [2.05, 4.69) is 49.8 Å². The summed E-state index contributed by atoms with van der Waals surface area (Å²) in [6.07, 6.45) is 1.80. The van der Waals surface area contributed by atoms with Gasteiger partial charge in [-0.15, -0.1) is 24.0 Å². The number of nitrogens with zero attached hydrogens (tertiary/aromatic N) is 3. The minimum absolute atomic E-state index is 0. The Labute approximate surface area is 177 Å². The van der Waals surface area contributed by atoms with Crippen LogP contribution >= 0.6 is 35.7 Å². The molecule has 1 fully saturated rings. The molecule has 0 bridgehead atoms. The van der Waals surface area contributed by atoms with Gasteiger partial charge >= 0.3 is 0 Å². The summed E-state index contributed by atoms with van der Waals surface area (Å²) in [5, 5.41) is 6.63. The molecule has 0 atom stereocenters. The van der Waals surface area contributed by atoms with Crippen molar-refractivity contribution >= 4 is 47.4 Å². The number of nitrogens with one attached hydrogen (secondary N) is 2. The summed E-state index contributed by atoms with van der Waals surface area (Å²) in [6, 6.07) is 14.7. The molecule has 0 unspecified atom stereocenters. The lowest BCUT2D eigenvalue weighted by atomic mass is 10.2. The van der Waals surface area contributed by atoms with Gasteiger partial charge in [0.2, 0.25) is 0 Å². The normalized spacial score (nSPS) is 14.5. The number of aliphatic imine (C=N–C) groups is 1. The number of halogens is 1. The Morgan fingerprint density at radius 3 is 2.46 bits per heavy atom. The number of benzene rings is 1. The molecule has 26 heavy (non-hydrogen) atoms. The van der Waals surface area contributed by atoms with E-state index in [1.165, 1.54) is 22.8 Å². The zero-order valence-corrected chi connectivity index (χ0v) is 18.2. The van der Waals surface area contributed by atoms with Gasteiger partial charge in [0, 0.05) is 50.1 Å². The predicted molar refractivity (Wildman–Crippen MR) is 123 cm³/mol. The molecule has 1 aliphatic rings. The SMILES string of the molecule is CN=C(NCc1ccc(N2CCSCC2)cc1)NCc1ccccn1.I. The first-order valence-corrected chi connectivity index (χ1v) is 9.76. The maximum absolute atomic E-state index is 4.31. The highest BCUT2D eigenvalue weighted by Gasteiger charge is 2.10. The van der Waals surface area contributed by atoms with Crippen molar-refractivity contribution in [3.8, 4) is 0 Å². The van der Waals surface area contributed by atoms with Crippen LogP contribution in [0.15, 0.2) is 53.7 Å². The highest BCUT2D eigenvalue weighted by molar-refractivity contribution is 14.0. The van der Waals surface area contributed by atoms with E-state index in [0.717, 1.165) is 31.3 Å². The highest BCUT2D eigenvalue weighted by Crippen LogP contribution is 2.19. The number of hydrogen-bond donors (Lipinski definition) is 2. The topological polar surface area (TPSA) is 52.6 Å². The average molecular weight is 483 g/mol. The van der Waals surface area contributed by atoms with E-state index in [1.54, 1.807) is 13.2 Å². The van der Waals surface area contributed by atoms with Gasteiger partial charge in [-0.2, -0.15) is 11.8 Å². The zero-order valence-electron chi connectivity index (χ0n) is 15.0. The second-order valence-corrected chi connectivity index (χ2v) is 7.09. The van der Waals surface area contributed by atoms with Crippen LogP contribution in [0.5, 0.6) is 0 Å². The lowest BCUT2D eigenvalue weighted by Crippen LogP contribution is -2.36. The van der Waals surface area contributed by atoms with Gasteiger partial charge in [-0.05, 0) is 29.8 Å². The van der Waals surface area contributed by atoms with E-state index in [0.29, 0.717) is 6.54 Å². The zero-order chi connectivity index (χ0) is 17.3. The summed E-state index contributed by atoms with van der Waals surface area (Å²) in [7, 11) is 1.78. The Balaban J connectivity index is 0.00000243. The molecule has 2 N–H and O–H groups in total. The molecule has 0 amide bonds. The largest absolute Gasteiger partial charge is 0.370 e. The Morgan fingerprint density at radius 2 is 1.81 bits per heavy atom. The van der Waals surface area contributed by atoms with Crippen molar-refractivity contribution in [3.63, 3.8) is 0 Å². The Kier molecular flexibility index (Phi) is 9.04. The van der Waals surface area contributed by atoms with E-state index in [-0.39, 0.29) is 24.0 Å². The molecule has 7 heteroatoms. The van der Waals surface area contributed by atoms with Gasteiger partial charge in [0.15, 0.2) is 5.96 Å². The van der Waals surface area contributed by atoms with Crippen molar-refractivity contribution in [2.45, 2.75) is 13.1 Å². The first-order chi connectivity index (χ1) is 12.3. The average Bonchev–Trinajstić information content (AvgIpc) is 2.70. The van der Waals surface area contributed by atoms with Crippen LogP contribution in [0.2, 0.25) is 0 Å². The first kappa shape index (κ1) is 20.8. The molecule has 1 aromatic heterocycles. The molecule has 140 valence electrons. The quantitative estimate of drug-likeness (QED) is 0.389. The van der Waals surface area contributed by atoms with Crippen molar-refractivity contribution in [3.05, 3.63) is 59.9 Å². The molecule has 1 aliphatic heterocycles. The Hall–Kier alpha value is -1.48. The van der Waals surface area contributed by atoms with E-state index in [4.69, 9.17) is 0 Å². The van der Waals surface area contributed by atoms with Gasteiger partial charge in [-0.3, -0.25) is 9.98 Å². The van der Waals surface area contributed by atoms with Crippen molar-refractivity contribution in [2.75, 3.05) is 36.5 Å². The van der Waals surface area contributed by atoms with Gasteiger partial charge in [-0.25, -0.2) is 0 Å². The summed E-state index contributed by atoms with van der Waals surface area (Å²) in [5.41, 5.74) is 3.56. The molecular weight excluding hydrogens is 457 g/mol. The minimum Gasteiger partial charge on any atom is -0.370 e. The fraction of sp³-hybridized carbons (Fsp3) is 0.368. The summed E-state index contributed by atoms with van der Waals surface area (Å²) in [5.74, 6) is 3.23. The van der Waals surface area contributed by atoms with Gasteiger partial charge in [-0.1, -0.05) is 18.2 Å². The Morgan fingerprint density at radius 1 is 1.08 bits per heavy atom. The van der Waals surface area contributed by atoms with Gasteiger partial charge in [0.1, 0.15) is 0 Å². The summed E-state index contributed by atoms with van der Waals surface area (Å²) >= 11 is 2.04. The third kappa shape index (κ3) is 6.35. The number of aromatic nitrogens is 1. The Bertz CT molecular complexity index is 672. The number of pyridine rings is 1. The van der Waals surface area contributed by atoms with Crippen LogP contribution in [0.4, 0.5) is 5.69 Å². The molecule has 0 radical (unpaired) electrons. The van der Waals surface area contributed by atoms with Gasteiger partial charge in [0.25, 0.3) is 0 Å². The molecule has 0 aliphatic carbocycles. The summed E-state index contributed by atoms with van der Waals surface area (Å²) in [6.45, 7) is 3.70. The number of guanidine groups is 1.